The van der Waals surface area contributed by atoms with Gasteiger partial charge in [-0.1, -0.05) is 15.9 Å². The highest BCUT2D eigenvalue weighted by Crippen LogP contribution is 2.31. The third-order valence-electron chi connectivity index (χ3n) is 2.64. The normalized spacial score (nSPS) is 10.9. The summed E-state index contributed by atoms with van der Waals surface area (Å²) in [7, 11) is 1.69. The summed E-state index contributed by atoms with van der Waals surface area (Å²) in [5, 5.41) is 3.25. The second-order valence-corrected chi connectivity index (χ2v) is 5.83. The SMILES string of the molecule is COCCNCc1ccc(-c2ccc(Br)cc2Br)o1. The Bertz CT molecular complexity index is 540. The minimum Gasteiger partial charge on any atom is -0.460 e. The summed E-state index contributed by atoms with van der Waals surface area (Å²) in [5.41, 5.74) is 1.05. The summed E-state index contributed by atoms with van der Waals surface area (Å²) >= 11 is 6.98. The third kappa shape index (κ3) is 4.18. The molecule has 0 saturated heterocycles. The lowest BCUT2D eigenvalue weighted by atomic mass is 10.2. The lowest BCUT2D eigenvalue weighted by Gasteiger charge is -2.03. The predicted octanol–water partition coefficient (Wildman–Crippen LogP) is 4.21. The largest absolute Gasteiger partial charge is 0.460 e. The standard InChI is InChI=1S/C14H15Br2NO2/c1-18-7-6-17-9-11-3-5-14(19-11)12-4-2-10(15)8-13(12)16/h2-5,8,17H,6-7,9H2,1H3. The minimum absolute atomic E-state index is 0.700. The van der Waals surface area contributed by atoms with Crippen molar-refractivity contribution in [3.63, 3.8) is 0 Å². The summed E-state index contributed by atoms with van der Waals surface area (Å²) in [6.45, 7) is 2.22. The molecule has 0 aliphatic heterocycles. The molecule has 2 rings (SSSR count). The van der Waals surface area contributed by atoms with Gasteiger partial charge in [0.1, 0.15) is 11.5 Å². The number of furan rings is 1. The van der Waals surface area contributed by atoms with Crippen LogP contribution in [0, 0.1) is 0 Å². The van der Waals surface area contributed by atoms with Gasteiger partial charge in [-0.25, -0.2) is 0 Å². The zero-order chi connectivity index (χ0) is 13.7. The Labute approximate surface area is 129 Å². The first-order valence-electron chi connectivity index (χ1n) is 5.94. The smallest absolute Gasteiger partial charge is 0.135 e. The van der Waals surface area contributed by atoms with Crippen molar-refractivity contribution in [2.75, 3.05) is 20.3 Å². The van der Waals surface area contributed by atoms with Crippen molar-refractivity contribution in [2.24, 2.45) is 0 Å². The van der Waals surface area contributed by atoms with Crippen molar-refractivity contribution in [2.45, 2.75) is 6.54 Å². The molecule has 0 bridgehead atoms. The van der Waals surface area contributed by atoms with Crippen LogP contribution in [0.5, 0.6) is 0 Å². The monoisotopic (exact) mass is 387 g/mol. The van der Waals surface area contributed by atoms with Crippen molar-refractivity contribution in [3.8, 4) is 11.3 Å². The average molecular weight is 389 g/mol. The molecule has 1 heterocycles. The first kappa shape index (κ1) is 14.8. The van der Waals surface area contributed by atoms with Gasteiger partial charge in [0.25, 0.3) is 0 Å². The van der Waals surface area contributed by atoms with E-state index in [1.165, 1.54) is 0 Å². The van der Waals surface area contributed by atoms with Crippen LogP contribution >= 0.6 is 31.9 Å². The summed E-state index contributed by atoms with van der Waals surface area (Å²) in [4.78, 5) is 0. The lowest BCUT2D eigenvalue weighted by molar-refractivity contribution is 0.198. The van der Waals surface area contributed by atoms with Crippen LogP contribution in [0.1, 0.15) is 5.76 Å². The van der Waals surface area contributed by atoms with Crippen molar-refractivity contribution in [1.29, 1.82) is 0 Å². The van der Waals surface area contributed by atoms with E-state index in [4.69, 9.17) is 9.15 Å². The molecule has 0 unspecified atom stereocenters. The first-order chi connectivity index (χ1) is 9.20. The van der Waals surface area contributed by atoms with E-state index in [1.54, 1.807) is 7.11 Å². The van der Waals surface area contributed by atoms with E-state index in [0.717, 1.165) is 32.6 Å². The molecule has 0 saturated carbocycles. The maximum Gasteiger partial charge on any atom is 0.135 e. The molecule has 0 amide bonds. The molecule has 3 nitrogen and oxygen atoms in total. The van der Waals surface area contributed by atoms with Gasteiger partial charge in [0.05, 0.1) is 13.2 Å². The summed E-state index contributed by atoms with van der Waals surface area (Å²) in [5.74, 6) is 1.78. The molecule has 5 heteroatoms. The topological polar surface area (TPSA) is 34.4 Å². The Hall–Kier alpha value is -0.620. The summed E-state index contributed by atoms with van der Waals surface area (Å²) < 4.78 is 12.8. The van der Waals surface area contributed by atoms with E-state index in [-0.39, 0.29) is 0 Å². The molecular formula is C14H15Br2NO2. The highest BCUT2D eigenvalue weighted by Gasteiger charge is 2.08. The number of nitrogens with one attached hydrogen (secondary N) is 1. The quantitative estimate of drug-likeness (QED) is 0.752. The molecule has 2 aromatic rings. The Balaban J connectivity index is 2.04. The van der Waals surface area contributed by atoms with Crippen molar-refractivity contribution in [3.05, 3.63) is 45.0 Å². The van der Waals surface area contributed by atoms with Crippen LogP contribution in [0.2, 0.25) is 0 Å². The highest BCUT2D eigenvalue weighted by atomic mass is 79.9. The van der Waals surface area contributed by atoms with Gasteiger partial charge in [0, 0.05) is 28.2 Å². The van der Waals surface area contributed by atoms with Crippen LogP contribution in [0.15, 0.2) is 43.7 Å². The molecule has 0 aliphatic carbocycles. The summed E-state index contributed by atoms with van der Waals surface area (Å²) in [6.07, 6.45) is 0. The van der Waals surface area contributed by atoms with E-state index in [9.17, 15) is 0 Å². The van der Waals surface area contributed by atoms with E-state index in [1.807, 2.05) is 30.3 Å². The molecule has 19 heavy (non-hydrogen) atoms. The van der Waals surface area contributed by atoms with Crippen molar-refractivity contribution < 1.29 is 9.15 Å². The Morgan fingerprint density at radius 3 is 2.79 bits per heavy atom. The zero-order valence-electron chi connectivity index (χ0n) is 10.6. The molecule has 1 aromatic heterocycles. The molecule has 0 fully saturated rings. The van der Waals surface area contributed by atoms with E-state index in [2.05, 4.69) is 37.2 Å². The molecular weight excluding hydrogens is 374 g/mol. The van der Waals surface area contributed by atoms with Gasteiger partial charge in [0.2, 0.25) is 0 Å². The number of methoxy groups -OCH3 is 1. The fourth-order valence-electron chi connectivity index (χ4n) is 1.69. The van der Waals surface area contributed by atoms with Gasteiger partial charge < -0.3 is 14.5 Å². The van der Waals surface area contributed by atoms with Crippen LogP contribution in [0.25, 0.3) is 11.3 Å². The second-order valence-electron chi connectivity index (χ2n) is 4.06. The Morgan fingerprint density at radius 2 is 2.05 bits per heavy atom. The van der Waals surface area contributed by atoms with Crippen molar-refractivity contribution >= 4 is 31.9 Å². The number of ether oxygens (including phenoxy) is 1. The van der Waals surface area contributed by atoms with Crippen LogP contribution < -0.4 is 5.32 Å². The molecule has 0 radical (unpaired) electrons. The van der Waals surface area contributed by atoms with Gasteiger partial charge in [-0.2, -0.15) is 0 Å². The van der Waals surface area contributed by atoms with Gasteiger partial charge in [-0.15, -0.1) is 0 Å². The maximum atomic E-state index is 5.82. The van der Waals surface area contributed by atoms with Gasteiger partial charge in [-0.3, -0.25) is 0 Å². The van der Waals surface area contributed by atoms with Crippen LogP contribution in [-0.4, -0.2) is 20.3 Å². The van der Waals surface area contributed by atoms with Crippen molar-refractivity contribution in [1.82, 2.24) is 5.32 Å². The Morgan fingerprint density at radius 1 is 1.21 bits per heavy atom. The lowest BCUT2D eigenvalue weighted by Crippen LogP contribution is -2.18. The molecule has 0 aliphatic rings. The van der Waals surface area contributed by atoms with Crippen LogP contribution in [-0.2, 0) is 11.3 Å². The number of benzene rings is 1. The molecule has 0 atom stereocenters. The van der Waals surface area contributed by atoms with E-state index in [0.29, 0.717) is 13.2 Å². The fraction of sp³-hybridized carbons (Fsp3) is 0.286. The highest BCUT2D eigenvalue weighted by molar-refractivity contribution is 9.11. The maximum absolute atomic E-state index is 5.82. The van der Waals surface area contributed by atoms with Crippen LogP contribution in [0.3, 0.4) is 0 Å². The number of hydrogen-bond donors (Lipinski definition) is 1. The molecule has 1 aromatic carbocycles. The molecule has 0 spiro atoms. The predicted molar refractivity (Wildman–Crippen MR) is 83.1 cm³/mol. The fourth-order valence-corrected chi connectivity index (χ4v) is 2.94. The third-order valence-corrected chi connectivity index (χ3v) is 3.79. The zero-order valence-corrected chi connectivity index (χ0v) is 13.8. The average Bonchev–Trinajstić information content (AvgIpc) is 2.83. The summed E-state index contributed by atoms with van der Waals surface area (Å²) in [6, 6.07) is 10.0. The Kier molecular flexibility index (Phi) is 5.63. The van der Waals surface area contributed by atoms with Crippen LogP contribution in [0.4, 0.5) is 0 Å². The minimum atomic E-state index is 0.700. The van der Waals surface area contributed by atoms with Gasteiger partial charge in [-0.05, 0) is 46.3 Å². The molecule has 102 valence electrons. The van der Waals surface area contributed by atoms with Gasteiger partial charge in [0.15, 0.2) is 0 Å². The van der Waals surface area contributed by atoms with E-state index >= 15 is 0 Å². The first-order valence-corrected chi connectivity index (χ1v) is 7.53. The second kappa shape index (κ2) is 7.24. The number of hydrogen-bond acceptors (Lipinski definition) is 3. The number of rotatable bonds is 6. The molecule has 1 N–H and O–H groups in total. The van der Waals surface area contributed by atoms with Gasteiger partial charge >= 0.3 is 0 Å². The van der Waals surface area contributed by atoms with E-state index < -0.39 is 0 Å². The number of halogens is 2.